The van der Waals surface area contributed by atoms with E-state index in [4.69, 9.17) is 0 Å². The molecular weight excluding hydrogens is 284 g/mol. The smallest absolute Gasteiger partial charge is 0.150 e. The normalized spacial score (nSPS) is 30.0. The average Bonchev–Trinajstić information content (AvgIpc) is 2.93. The van der Waals surface area contributed by atoms with Crippen LogP contribution in [-0.2, 0) is 9.84 Å². The fraction of sp³-hybridized carbons (Fsp3) is 1.00. The van der Waals surface area contributed by atoms with Crippen LogP contribution in [0.2, 0.25) is 0 Å². The topological polar surface area (TPSA) is 49.4 Å². The number of hydrogen-bond acceptors (Lipinski definition) is 4. The van der Waals surface area contributed by atoms with Gasteiger partial charge in [0.2, 0.25) is 0 Å². The van der Waals surface area contributed by atoms with Gasteiger partial charge in [0.25, 0.3) is 0 Å². The molecule has 1 atom stereocenters. The van der Waals surface area contributed by atoms with Crippen LogP contribution in [-0.4, -0.2) is 55.5 Å². The molecule has 2 fully saturated rings. The molecule has 0 bridgehead atoms. The maximum atomic E-state index is 11.7. The summed E-state index contributed by atoms with van der Waals surface area (Å²) in [5.74, 6) is 0.610. The lowest BCUT2D eigenvalue weighted by Crippen LogP contribution is -2.68. The molecule has 1 spiro atoms. The molecule has 21 heavy (non-hydrogen) atoms. The Balaban J connectivity index is 2.00. The van der Waals surface area contributed by atoms with Gasteiger partial charge in [-0.15, -0.1) is 0 Å². The molecule has 1 saturated carbocycles. The van der Waals surface area contributed by atoms with Crippen LogP contribution in [0.4, 0.5) is 0 Å². The Morgan fingerprint density at radius 1 is 1.19 bits per heavy atom. The molecule has 4 nitrogen and oxygen atoms in total. The maximum absolute atomic E-state index is 11.7. The molecule has 2 aliphatic rings. The Morgan fingerprint density at radius 3 is 2.43 bits per heavy atom. The molecule has 0 aromatic carbocycles. The predicted molar refractivity (Wildman–Crippen MR) is 88.4 cm³/mol. The van der Waals surface area contributed by atoms with Gasteiger partial charge in [-0.05, 0) is 39.2 Å². The van der Waals surface area contributed by atoms with Crippen LogP contribution in [0, 0.1) is 0 Å². The number of nitrogens with one attached hydrogen (secondary N) is 1. The Kier molecular flexibility index (Phi) is 5.37. The molecule has 5 heteroatoms. The lowest BCUT2D eigenvalue weighted by atomic mass is 9.85. The van der Waals surface area contributed by atoms with Crippen LogP contribution in [0.1, 0.15) is 59.3 Å². The third kappa shape index (κ3) is 3.99. The van der Waals surface area contributed by atoms with Crippen molar-refractivity contribution in [2.45, 2.75) is 70.4 Å². The van der Waals surface area contributed by atoms with Crippen molar-refractivity contribution < 1.29 is 8.42 Å². The van der Waals surface area contributed by atoms with Crippen molar-refractivity contribution in [1.82, 2.24) is 10.2 Å². The van der Waals surface area contributed by atoms with Gasteiger partial charge in [0.05, 0.1) is 5.75 Å². The first-order valence-electron chi connectivity index (χ1n) is 8.55. The predicted octanol–water partition coefficient (Wildman–Crippen LogP) is 2.20. The second-order valence-electron chi connectivity index (χ2n) is 7.21. The highest BCUT2D eigenvalue weighted by Gasteiger charge is 2.46. The SMILES string of the molecule is CCC1(C)CN(CCCS(=O)(=O)CC)C2(CCCC2)CN1. The van der Waals surface area contributed by atoms with Crippen LogP contribution in [0.15, 0.2) is 0 Å². The summed E-state index contributed by atoms with van der Waals surface area (Å²) in [5, 5.41) is 3.77. The zero-order chi connectivity index (χ0) is 15.6. The van der Waals surface area contributed by atoms with Crippen LogP contribution < -0.4 is 5.32 Å². The first kappa shape index (κ1) is 17.2. The van der Waals surface area contributed by atoms with E-state index in [1.165, 1.54) is 25.7 Å². The largest absolute Gasteiger partial charge is 0.308 e. The van der Waals surface area contributed by atoms with Gasteiger partial charge in [0.15, 0.2) is 0 Å². The first-order valence-corrected chi connectivity index (χ1v) is 10.4. The van der Waals surface area contributed by atoms with Crippen molar-refractivity contribution in [3.05, 3.63) is 0 Å². The van der Waals surface area contributed by atoms with Crippen molar-refractivity contribution in [2.24, 2.45) is 0 Å². The van der Waals surface area contributed by atoms with Crippen LogP contribution >= 0.6 is 0 Å². The van der Waals surface area contributed by atoms with E-state index in [1.54, 1.807) is 6.92 Å². The molecule has 0 amide bonds. The van der Waals surface area contributed by atoms with Gasteiger partial charge in [0, 0.05) is 29.9 Å². The highest BCUT2D eigenvalue weighted by Crippen LogP contribution is 2.39. The second kappa shape index (κ2) is 6.55. The van der Waals surface area contributed by atoms with E-state index in [2.05, 4.69) is 24.1 Å². The molecule has 0 radical (unpaired) electrons. The summed E-state index contributed by atoms with van der Waals surface area (Å²) in [6, 6.07) is 0. The number of piperazine rings is 1. The van der Waals surface area contributed by atoms with E-state index >= 15 is 0 Å². The van der Waals surface area contributed by atoms with Crippen molar-refractivity contribution in [2.75, 3.05) is 31.1 Å². The number of sulfone groups is 1. The van der Waals surface area contributed by atoms with E-state index in [9.17, 15) is 8.42 Å². The van der Waals surface area contributed by atoms with E-state index in [0.29, 0.717) is 11.3 Å². The lowest BCUT2D eigenvalue weighted by molar-refractivity contribution is 0.0122. The van der Waals surface area contributed by atoms with Gasteiger partial charge in [0.1, 0.15) is 9.84 Å². The van der Waals surface area contributed by atoms with Crippen molar-refractivity contribution in [3.8, 4) is 0 Å². The van der Waals surface area contributed by atoms with Crippen LogP contribution in [0.3, 0.4) is 0 Å². The van der Waals surface area contributed by atoms with E-state index in [1.807, 2.05) is 0 Å². The highest BCUT2D eigenvalue weighted by atomic mass is 32.2. The molecular formula is C16H32N2O2S. The summed E-state index contributed by atoms with van der Waals surface area (Å²) in [6.45, 7) is 9.32. The van der Waals surface area contributed by atoms with E-state index in [0.717, 1.165) is 32.5 Å². The van der Waals surface area contributed by atoms with Gasteiger partial charge in [-0.2, -0.15) is 0 Å². The Hall–Kier alpha value is -0.130. The Labute approximate surface area is 130 Å². The van der Waals surface area contributed by atoms with Crippen LogP contribution in [0.5, 0.6) is 0 Å². The molecule has 0 aromatic rings. The minimum Gasteiger partial charge on any atom is -0.308 e. The third-order valence-electron chi connectivity index (χ3n) is 5.69. The average molecular weight is 317 g/mol. The summed E-state index contributed by atoms with van der Waals surface area (Å²) >= 11 is 0. The zero-order valence-electron chi connectivity index (χ0n) is 14.0. The maximum Gasteiger partial charge on any atom is 0.150 e. The molecule has 1 aliphatic carbocycles. The summed E-state index contributed by atoms with van der Waals surface area (Å²) in [6.07, 6.45) is 7.05. The Morgan fingerprint density at radius 2 is 1.86 bits per heavy atom. The van der Waals surface area contributed by atoms with Crippen molar-refractivity contribution >= 4 is 9.84 Å². The molecule has 1 N–H and O–H groups in total. The van der Waals surface area contributed by atoms with Gasteiger partial charge >= 0.3 is 0 Å². The van der Waals surface area contributed by atoms with Gasteiger partial charge in [-0.3, -0.25) is 4.90 Å². The number of rotatable bonds is 6. The molecule has 1 aliphatic heterocycles. The van der Waals surface area contributed by atoms with Crippen molar-refractivity contribution in [3.63, 3.8) is 0 Å². The third-order valence-corrected chi connectivity index (χ3v) is 7.48. The molecule has 1 heterocycles. The molecule has 2 rings (SSSR count). The monoisotopic (exact) mass is 316 g/mol. The van der Waals surface area contributed by atoms with Crippen LogP contribution in [0.25, 0.3) is 0 Å². The van der Waals surface area contributed by atoms with E-state index in [-0.39, 0.29) is 11.3 Å². The first-order chi connectivity index (χ1) is 9.85. The van der Waals surface area contributed by atoms with E-state index < -0.39 is 9.84 Å². The van der Waals surface area contributed by atoms with Gasteiger partial charge < -0.3 is 5.32 Å². The molecule has 0 aromatic heterocycles. The summed E-state index contributed by atoms with van der Waals surface area (Å²) in [5.41, 5.74) is 0.474. The zero-order valence-corrected chi connectivity index (χ0v) is 14.8. The van der Waals surface area contributed by atoms with Gasteiger partial charge in [-0.25, -0.2) is 8.42 Å². The van der Waals surface area contributed by atoms with Gasteiger partial charge in [-0.1, -0.05) is 26.7 Å². The fourth-order valence-corrected chi connectivity index (χ4v) is 4.69. The molecule has 1 saturated heterocycles. The minimum absolute atomic E-state index is 0.178. The second-order valence-corrected chi connectivity index (χ2v) is 9.68. The standard InChI is InChI=1S/C16H32N2O2S/c1-4-15(3)14-18(11-8-12-21(19,20)5-2)16(13-17-15)9-6-7-10-16/h17H,4-14H2,1-3H3. The molecule has 124 valence electrons. The Bertz CT molecular complexity index is 443. The molecule has 1 unspecified atom stereocenters. The number of nitrogens with zero attached hydrogens (tertiary/aromatic N) is 1. The fourth-order valence-electron chi connectivity index (χ4n) is 3.83. The highest BCUT2D eigenvalue weighted by molar-refractivity contribution is 7.91. The number of hydrogen-bond donors (Lipinski definition) is 1. The minimum atomic E-state index is -2.83. The summed E-state index contributed by atoms with van der Waals surface area (Å²) in [4.78, 5) is 2.62. The summed E-state index contributed by atoms with van der Waals surface area (Å²) in [7, 11) is -2.83. The quantitative estimate of drug-likeness (QED) is 0.816. The summed E-state index contributed by atoms with van der Waals surface area (Å²) < 4.78 is 23.4. The lowest BCUT2D eigenvalue weighted by Gasteiger charge is -2.52. The van der Waals surface area contributed by atoms with Crippen molar-refractivity contribution in [1.29, 1.82) is 0 Å².